The number of rotatable bonds is 8. The molecule has 0 aliphatic heterocycles. The van der Waals surface area contributed by atoms with Crippen LogP contribution in [-0.4, -0.2) is 30.9 Å². The van der Waals surface area contributed by atoms with E-state index in [1.807, 2.05) is 24.3 Å². The van der Waals surface area contributed by atoms with E-state index < -0.39 is 6.10 Å². The van der Waals surface area contributed by atoms with Crippen LogP contribution in [0.4, 0.5) is 0 Å². The maximum absolute atomic E-state index is 12.1. The fraction of sp³-hybridized carbons (Fsp3) is 0.263. The zero-order valence-corrected chi connectivity index (χ0v) is 15.7. The molecule has 2 aromatic carbocycles. The summed E-state index contributed by atoms with van der Waals surface area (Å²) in [7, 11) is 0. The second-order valence-electron chi connectivity index (χ2n) is 5.44. The summed E-state index contributed by atoms with van der Waals surface area (Å²) in [6.07, 6.45) is -0.673. The zero-order valence-electron chi connectivity index (χ0n) is 14.1. The van der Waals surface area contributed by atoms with Gasteiger partial charge in [0, 0.05) is 10.0 Å². The van der Waals surface area contributed by atoms with Gasteiger partial charge in [-0.2, -0.15) is 0 Å². The maximum atomic E-state index is 12.1. The second-order valence-corrected chi connectivity index (χ2v) is 6.36. The van der Waals surface area contributed by atoms with Crippen molar-refractivity contribution in [2.45, 2.75) is 20.0 Å². The molecule has 0 aliphatic carbocycles. The Labute approximate surface area is 155 Å². The number of hydrogen-bond acceptors (Lipinski definition) is 4. The number of carbonyl (C=O) groups excluding carboxylic acids is 2. The number of halogens is 1. The smallest absolute Gasteiger partial charge is 0.260 e. The van der Waals surface area contributed by atoms with E-state index in [-0.39, 0.29) is 11.7 Å². The molecule has 5 nitrogen and oxygen atoms in total. The summed E-state index contributed by atoms with van der Waals surface area (Å²) in [6.45, 7) is 3.87. The van der Waals surface area contributed by atoms with Gasteiger partial charge in [0.25, 0.3) is 5.91 Å². The van der Waals surface area contributed by atoms with Crippen molar-refractivity contribution in [1.82, 2.24) is 5.32 Å². The van der Waals surface area contributed by atoms with Crippen LogP contribution in [0, 0.1) is 0 Å². The molecule has 0 heterocycles. The molecule has 0 saturated heterocycles. The molecule has 0 fully saturated rings. The van der Waals surface area contributed by atoms with E-state index in [2.05, 4.69) is 21.2 Å². The van der Waals surface area contributed by atoms with Crippen molar-refractivity contribution in [1.29, 1.82) is 0 Å². The second kappa shape index (κ2) is 9.22. The van der Waals surface area contributed by atoms with Crippen LogP contribution in [0.2, 0.25) is 0 Å². The molecule has 0 radical (unpaired) electrons. The lowest BCUT2D eigenvalue weighted by Gasteiger charge is -2.15. The Morgan fingerprint density at radius 2 is 1.84 bits per heavy atom. The van der Waals surface area contributed by atoms with Gasteiger partial charge in [0.05, 0.1) is 6.54 Å². The first-order valence-corrected chi connectivity index (χ1v) is 8.69. The predicted octanol–water partition coefficient (Wildman–Crippen LogP) is 3.61. The largest absolute Gasteiger partial charge is 0.492 e. The summed E-state index contributed by atoms with van der Waals surface area (Å²) in [4.78, 5) is 23.4. The molecule has 0 aliphatic rings. The fourth-order valence-electron chi connectivity index (χ4n) is 2.09. The molecule has 1 amide bonds. The Balaban J connectivity index is 1.76. The Morgan fingerprint density at radius 1 is 1.12 bits per heavy atom. The number of hydrogen-bond donors (Lipinski definition) is 1. The van der Waals surface area contributed by atoms with Gasteiger partial charge in [-0.1, -0.05) is 34.1 Å². The SMILES string of the molecule is CC(=O)c1cccc(OC(C)C(=O)NCCOc2cccc(Br)c2)c1. The molecule has 1 atom stereocenters. The van der Waals surface area contributed by atoms with Crippen LogP contribution in [0.15, 0.2) is 53.0 Å². The standard InChI is InChI=1S/C19H20BrNO4/c1-13(22)15-5-3-8-18(11-15)25-14(2)19(23)21-9-10-24-17-7-4-6-16(20)12-17/h3-8,11-12,14H,9-10H2,1-2H3,(H,21,23). The summed E-state index contributed by atoms with van der Waals surface area (Å²) in [5, 5.41) is 2.76. The normalized spacial score (nSPS) is 11.5. The highest BCUT2D eigenvalue weighted by atomic mass is 79.9. The van der Waals surface area contributed by atoms with Gasteiger partial charge >= 0.3 is 0 Å². The fourth-order valence-corrected chi connectivity index (χ4v) is 2.47. The first kappa shape index (κ1) is 19.0. The van der Waals surface area contributed by atoms with Crippen LogP contribution in [0.25, 0.3) is 0 Å². The molecule has 1 unspecified atom stereocenters. The molecular formula is C19H20BrNO4. The lowest BCUT2D eigenvalue weighted by Crippen LogP contribution is -2.38. The maximum Gasteiger partial charge on any atom is 0.260 e. The average molecular weight is 406 g/mol. The lowest BCUT2D eigenvalue weighted by molar-refractivity contribution is -0.127. The molecule has 2 rings (SSSR count). The minimum absolute atomic E-state index is 0.0488. The van der Waals surface area contributed by atoms with Crippen molar-refractivity contribution in [3.63, 3.8) is 0 Å². The van der Waals surface area contributed by atoms with Gasteiger partial charge in [-0.3, -0.25) is 9.59 Å². The summed E-state index contributed by atoms with van der Waals surface area (Å²) in [6, 6.07) is 14.3. The van der Waals surface area contributed by atoms with Crippen LogP contribution in [0.1, 0.15) is 24.2 Å². The van der Waals surface area contributed by atoms with Crippen molar-refractivity contribution in [3.8, 4) is 11.5 Å². The Morgan fingerprint density at radius 3 is 2.56 bits per heavy atom. The van der Waals surface area contributed by atoms with Gasteiger partial charge in [0.15, 0.2) is 11.9 Å². The van der Waals surface area contributed by atoms with E-state index in [0.29, 0.717) is 24.5 Å². The van der Waals surface area contributed by atoms with E-state index in [1.54, 1.807) is 31.2 Å². The van der Waals surface area contributed by atoms with E-state index in [9.17, 15) is 9.59 Å². The van der Waals surface area contributed by atoms with Crippen LogP contribution >= 0.6 is 15.9 Å². The summed E-state index contributed by atoms with van der Waals surface area (Å²) >= 11 is 3.37. The molecule has 0 bridgehead atoms. The highest BCUT2D eigenvalue weighted by Crippen LogP contribution is 2.17. The molecular weight excluding hydrogens is 386 g/mol. The molecule has 6 heteroatoms. The summed E-state index contributed by atoms with van der Waals surface area (Å²) in [5.74, 6) is 0.924. The molecule has 2 aromatic rings. The van der Waals surface area contributed by atoms with Gasteiger partial charge in [-0.25, -0.2) is 0 Å². The number of nitrogens with one attached hydrogen (secondary N) is 1. The Hall–Kier alpha value is -2.34. The molecule has 0 aromatic heterocycles. The number of Topliss-reactive ketones (excluding diaryl/α,β-unsaturated/α-hetero) is 1. The zero-order chi connectivity index (χ0) is 18.2. The summed E-state index contributed by atoms with van der Waals surface area (Å²) in [5.41, 5.74) is 0.549. The van der Waals surface area contributed by atoms with Gasteiger partial charge in [0.1, 0.15) is 18.1 Å². The van der Waals surface area contributed by atoms with Crippen molar-refractivity contribution in [2.75, 3.05) is 13.2 Å². The number of amides is 1. The van der Waals surface area contributed by atoms with Gasteiger partial charge in [-0.15, -0.1) is 0 Å². The van der Waals surface area contributed by atoms with Crippen LogP contribution in [-0.2, 0) is 4.79 Å². The van der Waals surface area contributed by atoms with Crippen LogP contribution < -0.4 is 14.8 Å². The van der Waals surface area contributed by atoms with Gasteiger partial charge < -0.3 is 14.8 Å². The number of ether oxygens (including phenoxy) is 2. The van der Waals surface area contributed by atoms with Crippen molar-refractivity contribution in [3.05, 3.63) is 58.6 Å². The van der Waals surface area contributed by atoms with Gasteiger partial charge in [0.2, 0.25) is 0 Å². The van der Waals surface area contributed by atoms with E-state index in [1.165, 1.54) is 6.92 Å². The average Bonchev–Trinajstić information content (AvgIpc) is 2.58. The van der Waals surface area contributed by atoms with Crippen molar-refractivity contribution in [2.24, 2.45) is 0 Å². The summed E-state index contributed by atoms with van der Waals surface area (Å²) < 4.78 is 12.1. The molecule has 0 saturated carbocycles. The highest BCUT2D eigenvalue weighted by molar-refractivity contribution is 9.10. The third-order valence-corrected chi connectivity index (χ3v) is 3.88. The molecule has 0 spiro atoms. The first-order chi connectivity index (χ1) is 12.0. The molecule has 132 valence electrons. The van der Waals surface area contributed by atoms with E-state index in [0.717, 1.165) is 10.2 Å². The van der Waals surface area contributed by atoms with Crippen molar-refractivity contribution < 1.29 is 19.1 Å². The number of carbonyl (C=O) groups is 2. The quantitative estimate of drug-likeness (QED) is 0.537. The molecule has 1 N–H and O–H groups in total. The first-order valence-electron chi connectivity index (χ1n) is 7.89. The minimum atomic E-state index is -0.673. The lowest BCUT2D eigenvalue weighted by atomic mass is 10.1. The monoisotopic (exact) mass is 405 g/mol. The van der Waals surface area contributed by atoms with E-state index >= 15 is 0 Å². The Bertz CT molecular complexity index is 748. The van der Waals surface area contributed by atoms with Gasteiger partial charge in [-0.05, 0) is 44.2 Å². The minimum Gasteiger partial charge on any atom is -0.492 e. The highest BCUT2D eigenvalue weighted by Gasteiger charge is 2.14. The topological polar surface area (TPSA) is 64.6 Å². The van der Waals surface area contributed by atoms with E-state index in [4.69, 9.17) is 9.47 Å². The number of ketones is 1. The predicted molar refractivity (Wildman–Crippen MR) is 99.2 cm³/mol. The number of benzene rings is 2. The Kier molecular flexibility index (Phi) is 7.01. The van der Waals surface area contributed by atoms with Crippen LogP contribution in [0.5, 0.6) is 11.5 Å². The van der Waals surface area contributed by atoms with Crippen LogP contribution in [0.3, 0.4) is 0 Å². The molecule has 25 heavy (non-hydrogen) atoms. The van der Waals surface area contributed by atoms with Crippen molar-refractivity contribution >= 4 is 27.6 Å². The third-order valence-electron chi connectivity index (χ3n) is 3.39. The third kappa shape index (κ3) is 6.23.